The van der Waals surface area contributed by atoms with E-state index in [-0.39, 0.29) is 24.1 Å². The van der Waals surface area contributed by atoms with Gasteiger partial charge in [0.25, 0.3) is 5.91 Å². The molecule has 3 heterocycles. The number of piperidine rings is 2. The van der Waals surface area contributed by atoms with Crippen LogP contribution in [-0.4, -0.2) is 53.2 Å². The van der Waals surface area contributed by atoms with Crippen LogP contribution in [-0.2, 0) is 22.6 Å². The summed E-state index contributed by atoms with van der Waals surface area (Å²) >= 11 is 0. The summed E-state index contributed by atoms with van der Waals surface area (Å²) in [5.41, 5.74) is 4.38. The Labute approximate surface area is 188 Å². The zero-order valence-electron chi connectivity index (χ0n) is 18.3. The van der Waals surface area contributed by atoms with Crippen molar-refractivity contribution in [3.63, 3.8) is 0 Å². The fraction of sp³-hybridized carbons (Fsp3) is 0.423. The summed E-state index contributed by atoms with van der Waals surface area (Å²) in [7, 11) is 0. The van der Waals surface area contributed by atoms with Crippen molar-refractivity contribution in [1.82, 2.24) is 15.1 Å². The van der Waals surface area contributed by atoms with Gasteiger partial charge in [0.15, 0.2) is 0 Å². The average Bonchev–Trinajstić information content (AvgIpc) is 3.14. The van der Waals surface area contributed by atoms with E-state index in [1.807, 2.05) is 6.07 Å². The Morgan fingerprint density at radius 1 is 0.938 bits per heavy atom. The van der Waals surface area contributed by atoms with Gasteiger partial charge >= 0.3 is 0 Å². The van der Waals surface area contributed by atoms with E-state index in [0.717, 1.165) is 44.5 Å². The Hall–Kier alpha value is -2.99. The molecule has 0 spiro atoms. The molecule has 2 aromatic rings. The highest BCUT2D eigenvalue weighted by Gasteiger charge is 2.39. The van der Waals surface area contributed by atoms with E-state index in [0.29, 0.717) is 24.4 Å². The lowest BCUT2D eigenvalue weighted by atomic mass is 9.88. The van der Waals surface area contributed by atoms with Crippen molar-refractivity contribution in [3.05, 3.63) is 70.8 Å². The number of nitrogens with one attached hydrogen (secondary N) is 1. The van der Waals surface area contributed by atoms with Crippen molar-refractivity contribution < 1.29 is 14.4 Å². The van der Waals surface area contributed by atoms with Gasteiger partial charge in [-0.05, 0) is 67.4 Å². The highest BCUT2D eigenvalue weighted by atomic mass is 16.2. The first-order chi connectivity index (χ1) is 15.6. The Balaban J connectivity index is 1.19. The number of carbonyl (C=O) groups excluding carboxylic acids is 3. The number of rotatable bonds is 5. The van der Waals surface area contributed by atoms with Crippen molar-refractivity contribution in [2.24, 2.45) is 0 Å². The van der Waals surface area contributed by atoms with E-state index in [9.17, 15) is 14.4 Å². The quantitative estimate of drug-likeness (QED) is 0.739. The van der Waals surface area contributed by atoms with E-state index in [1.165, 1.54) is 11.1 Å². The summed E-state index contributed by atoms with van der Waals surface area (Å²) in [5, 5.41) is 2.37. The van der Waals surface area contributed by atoms with Crippen LogP contribution in [0.3, 0.4) is 0 Å². The van der Waals surface area contributed by atoms with Crippen molar-refractivity contribution >= 4 is 17.7 Å². The summed E-state index contributed by atoms with van der Waals surface area (Å²) < 4.78 is 0. The number of benzene rings is 2. The Morgan fingerprint density at radius 3 is 2.47 bits per heavy atom. The second kappa shape index (κ2) is 8.87. The molecule has 6 heteroatoms. The summed E-state index contributed by atoms with van der Waals surface area (Å²) in [4.78, 5) is 40.8. The number of likely N-dealkylation sites (tertiary alicyclic amines) is 1. The number of amides is 3. The second-order valence-corrected chi connectivity index (χ2v) is 9.17. The lowest BCUT2D eigenvalue weighted by molar-refractivity contribution is -0.136. The van der Waals surface area contributed by atoms with Crippen molar-refractivity contribution in [3.8, 4) is 0 Å². The van der Waals surface area contributed by atoms with Crippen LogP contribution >= 0.6 is 0 Å². The Bertz CT molecular complexity index is 1030. The molecule has 2 saturated heterocycles. The van der Waals surface area contributed by atoms with Crippen molar-refractivity contribution in [2.45, 2.75) is 50.6 Å². The monoisotopic (exact) mass is 431 g/mol. The van der Waals surface area contributed by atoms with Crippen LogP contribution < -0.4 is 5.32 Å². The van der Waals surface area contributed by atoms with Crippen molar-refractivity contribution in [1.29, 1.82) is 0 Å². The van der Waals surface area contributed by atoms with Crippen LogP contribution in [0.25, 0.3) is 0 Å². The SMILES string of the molecule is O=C1CC[C@@H](N2Cc3cc(C4CCN(CCc5ccccc5)CC4)ccc3C2=O)C(=O)N1. The van der Waals surface area contributed by atoms with Crippen LogP contribution in [0.5, 0.6) is 0 Å². The van der Waals surface area contributed by atoms with Crippen molar-refractivity contribution in [2.75, 3.05) is 19.6 Å². The molecule has 0 aliphatic carbocycles. The molecular formula is C26H29N3O3. The molecule has 2 aromatic carbocycles. The Morgan fingerprint density at radius 2 is 1.72 bits per heavy atom. The number of carbonyl (C=O) groups is 3. The fourth-order valence-electron chi connectivity index (χ4n) is 5.27. The highest BCUT2D eigenvalue weighted by Crippen LogP contribution is 2.33. The molecule has 0 saturated carbocycles. The molecule has 3 aliphatic heterocycles. The average molecular weight is 432 g/mol. The second-order valence-electron chi connectivity index (χ2n) is 9.17. The van der Waals surface area contributed by atoms with Gasteiger partial charge in [-0.3, -0.25) is 19.7 Å². The minimum atomic E-state index is -0.552. The number of hydrogen-bond donors (Lipinski definition) is 1. The first-order valence-corrected chi connectivity index (χ1v) is 11.6. The summed E-state index contributed by atoms with van der Waals surface area (Å²) in [6.07, 6.45) is 4.02. The largest absolute Gasteiger partial charge is 0.322 e. The first-order valence-electron chi connectivity index (χ1n) is 11.6. The number of fused-ring (bicyclic) bond motifs is 1. The van der Waals surface area contributed by atoms with Gasteiger partial charge in [-0.2, -0.15) is 0 Å². The maximum atomic E-state index is 12.9. The molecule has 0 aromatic heterocycles. The van der Waals surface area contributed by atoms with E-state index in [2.05, 4.69) is 52.7 Å². The molecule has 0 unspecified atom stereocenters. The van der Waals surface area contributed by atoms with E-state index >= 15 is 0 Å². The maximum absolute atomic E-state index is 12.9. The van der Waals surface area contributed by atoms with Crippen LogP contribution in [0, 0.1) is 0 Å². The van der Waals surface area contributed by atoms with E-state index < -0.39 is 6.04 Å². The predicted molar refractivity (Wildman–Crippen MR) is 121 cm³/mol. The molecule has 6 nitrogen and oxygen atoms in total. The molecule has 1 atom stereocenters. The smallest absolute Gasteiger partial charge is 0.255 e. The Kier molecular flexibility index (Phi) is 5.79. The van der Waals surface area contributed by atoms with Gasteiger partial charge in [0.05, 0.1) is 0 Å². The predicted octanol–water partition coefficient (Wildman–Crippen LogP) is 2.87. The third-order valence-corrected chi connectivity index (χ3v) is 7.17. The molecule has 5 rings (SSSR count). The molecule has 166 valence electrons. The molecule has 2 fully saturated rings. The van der Waals surface area contributed by atoms with Crippen LogP contribution in [0.1, 0.15) is 58.6 Å². The van der Waals surface area contributed by atoms with E-state index in [1.54, 1.807) is 4.90 Å². The van der Waals surface area contributed by atoms with Gasteiger partial charge < -0.3 is 9.80 Å². The molecule has 1 N–H and O–H groups in total. The number of nitrogens with zero attached hydrogens (tertiary/aromatic N) is 2. The lowest BCUT2D eigenvalue weighted by Gasteiger charge is -2.32. The van der Waals surface area contributed by atoms with Gasteiger partial charge in [0.2, 0.25) is 11.8 Å². The third-order valence-electron chi connectivity index (χ3n) is 7.17. The molecule has 0 bridgehead atoms. The fourth-order valence-corrected chi connectivity index (χ4v) is 5.27. The minimum absolute atomic E-state index is 0.100. The first kappa shape index (κ1) is 20.9. The minimum Gasteiger partial charge on any atom is -0.322 e. The summed E-state index contributed by atoms with van der Waals surface area (Å²) in [6, 6.07) is 16.3. The number of hydrogen-bond acceptors (Lipinski definition) is 4. The number of imide groups is 1. The third kappa shape index (κ3) is 4.19. The highest BCUT2D eigenvalue weighted by molar-refractivity contribution is 6.05. The van der Waals surface area contributed by atoms with Gasteiger partial charge in [0, 0.05) is 25.1 Å². The van der Waals surface area contributed by atoms with Crippen LogP contribution in [0.4, 0.5) is 0 Å². The zero-order chi connectivity index (χ0) is 22.1. The topological polar surface area (TPSA) is 69.7 Å². The maximum Gasteiger partial charge on any atom is 0.255 e. The molecule has 32 heavy (non-hydrogen) atoms. The lowest BCUT2D eigenvalue weighted by Crippen LogP contribution is -2.52. The molecule has 0 radical (unpaired) electrons. The van der Waals surface area contributed by atoms with Crippen LogP contribution in [0.2, 0.25) is 0 Å². The zero-order valence-corrected chi connectivity index (χ0v) is 18.3. The summed E-state index contributed by atoms with van der Waals surface area (Å²) in [5.74, 6) is -0.205. The molecular weight excluding hydrogens is 402 g/mol. The van der Waals surface area contributed by atoms with Gasteiger partial charge in [0.1, 0.15) is 6.04 Å². The summed E-state index contributed by atoms with van der Waals surface area (Å²) in [6.45, 7) is 3.73. The van der Waals surface area contributed by atoms with Gasteiger partial charge in [-0.15, -0.1) is 0 Å². The molecule has 3 amide bonds. The van der Waals surface area contributed by atoms with E-state index in [4.69, 9.17) is 0 Å². The standard InChI is InChI=1S/C26H29N3O3/c30-24-9-8-23(25(31)27-24)29-17-21-16-20(6-7-22(21)26(29)32)19-11-14-28(15-12-19)13-10-18-4-2-1-3-5-18/h1-7,16,19,23H,8-15,17H2,(H,27,30,31)/t23-/m1/s1. The normalized spacial score (nSPS) is 22.2. The molecule has 3 aliphatic rings. The van der Waals surface area contributed by atoms with Gasteiger partial charge in [-0.25, -0.2) is 0 Å². The van der Waals surface area contributed by atoms with Gasteiger partial charge in [-0.1, -0.05) is 42.5 Å². The van der Waals surface area contributed by atoms with Crippen LogP contribution in [0.15, 0.2) is 48.5 Å².